The van der Waals surface area contributed by atoms with E-state index in [1.54, 1.807) is 0 Å². The molecule has 2 N–H and O–H groups in total. The van der Waals surface area contributed by atoms with Gasteiger partial charge < -0.3 is 20.1 Å². The van der Waals surface area contributed by atoms with Crippen molar-refractivity contribution in [1.82, 2.24) is 0 Å². The molecule has 1 heterocycles. The van der Waals surface area contributed by atoms with E-state index < -0.39 is 0 Å². The molecule has 3 aromatic rings. The number of para-hydroxylation sites is 1. The lowest BCUT2D eigenvalue weighted by atomic mass is 10.0. The molecule has 0 spiro atoms. The van der Waals surface area contributed by atoms with Crippen molar-refractivity contribution in [3.05, 3.63) is 72.3 Å². The summed E-state index contributed by atoms with van der Waals surface area (Å²) in [5, 5.41) is 5.78. The second-order valence-corrected chi connectivity index (χ2v) is 6.06. The summed E-state index contributed by atoms with van der Waals surface area (Å²) in [6.45, 7) is 2.22. The fraction of sp³-hybridized carbons (Fsp3) is 0.0952. The lowest BCUT2D eigenvalue weighted by molar-refractivity contribution is 0.174. The molecule has 0 saturated heterocycles. The zero-order chi connectivity index (χ0) is 17.9. The van der Waals surface area contributed by atoms with E-state index in [-0.39, 0.29) is 12.8 Å². The van der Waals surface area contributed by atoms with E-state index >= 15 is 0 Å². The van der Waals surface area contributed by atoms with Gasteiger partial charge in [0, 0.05) is 11.3 Å². The van der Waals surface area contributed by atoms with Gasteiger partial charge in [-0.2, -0.15) is 0 Å². The second kappa shape index (κ2) is 6.80. The third-order valence-electron chi connectivity index (χ3n) is 4.13. The summed E-state index contributed by atoms with van der Waals surface area (Å²) in [5.74, 6) is 1.44. The van der Waals surface area contributed by atoms with Crippen molar-refractivity contribution in [2.45, 2.75) is 6.92 Å². The van der Waals surface area contributed by atoms with E-state index in [4.69, 9.17) is 9.47 Å². The number of amides is 2. The monoisotopic (exact) mass is 346 g/mol. The van der Waals surface area contributed by atoms with Crippen LogP contribution in [0.5, 0.6) is 11.5 Å². The highest BCUT2D eigenvalue weighted by molar-refractivity contribution is 6.02. The normalized spacial score (nSPS) is 11.9. The van der Waals surface area contributed by atoms with Gasteiger partial charge in [0.2, 0.25) is 6.79 Å². The van der Waals surface area contributed by atoms with Crippen LogP contribution in [0.3, 0.4) is 0 Å². The highest BCUT2D eigenvalue weighted by atomic mass is 16.7. The van der Waals surface area contributed by atoms with E-state index in [0.29, 0.717) is 5.75 Å². The third kappa shape index (κ3) is 3.32. The Morgan fingerprint density at radius 2 is 1.73 bits per heavy atom. The molecule has 0 unspecified atom stereocenters. The Balaban J connectivity index is 1.57. The highest BCUT2D eigenvalue weighted by Crippen LogP contribution is 2.37. The van der Waals surface area contributed by atoms with Gasteiger partial charge in [-0.25, -0.2) is 4.79 Å². The van der Waals surface area contributed by atoms with Gasteiger partial charge in [-0.05, 0) is 48.4 Å². The van der Waals surface area contributed by atoms with Crippen LogP contribution in [0.15, 0.2) is 66.7 Å². The molecule has 4 rings (SSSR count). The number of rotatable bonds is 3. The van der Waals surface area contributed by atoms with Gasteiger partial charge in [-0.3, -0.25) is 0 Å². The molecule has 1 aliphatic rings. The SMILES string of the molecule is Cc1cccc(NC(=O)Nc2ccccc2-c2ccc3c(c2)OCO3)c1. The maximum atomic E-state index is 12.4. The number of aryl methyl sites for hydroxylation is 1. The fourth-order valence-corrected chi connectivity index (χ4v) is 2.92. The predicted molar refractivity (Wildman–Crippen MR) is 102 cm³/mol. The Hall–Kier alpha value is -3.47. The smallest absolute Gasteiger partial charge is 0.323 e. The van der Waals surface area contributed by atoms with E-state index in [1.807, 2.05) is 73.7 Å². The molecule has 0 saturated carbocycles. The largest absolute Gasteiger partial charge is 0.454 e. The van der Waals surface area contributed by atoms with Crippen LogP contribution in [0, 0.1) is 6.92 Å². The zero-order valence-corrected chi connectivity index (χ0v) is 14.3. The summed E-state index contributed by atoms with van der Waals surface area (Å²) in [5.41, 5.74) is 4.41. The molecule has 0 bridgehead atoms. The molecule has 130 valence electrons. The van der Waals surface area contributed by atoms with Crippen LogP contribution in [0.25, 0.3) is 11.1 Å². The number of ether oxygens (including phenoxy) is 2. The summed E-state index contributed by atoms with van der Waals surface area (Å²) >= 11 is 0. The lowest BCUT2D eigenvalue weighted by Crippen LogP contribution is -2.19. The van der Waals surface area contributed by atoms with Gasteiger partial charge in [-0.15, -0.1) is 0 Å². The molecule has 0 fully saturated rings. The first kappa shape index (κ1) is 16.0. The summed E-state index contributed by atoms with van der Waals surface area (Å²) in [6, 6.07) is 20.8. The van der Waals surface area contributed by atoms with Crippen molar-refractivity contribution in [1.29, 1.82) is 0 Å². The molecule has 3 aromatic carbocycles. The van der Waals surface area contributed by atoms with Crippen LogP contribution in [0.2, 0.25) is 0 Å². The Morgan fingerprint density at radius 3 is 2.62 bits per heavy atom. The Bertz CT molecular complexity index is 969. The minimum atomic E-state index is -0.288. The average Bonchev–Trinajstić information content (AvgIpc) is 3.10. The standard InChI is InChI=1S/C21H18N2O3/c1-14-5-4-6-16(11-14)22-21(24)23-18-8-3-2-7-17(18)15-9-10-19-20(12-15)26-13-25-19/h2-12H,13H2,1H3,(H2,22,23,24). The summed E-state index contributed by atoms with van der Waals surface area (Å²) in [7, 11) is 0. The minimum Gasteiger partial charge on any atom is -0.454 e. The first-order valence-corrected chi connectivity index (χ1v) is 8.33. The molecular formula is C21H18N2O3. The minimum absolute atomic E-state index is 0.234. The molecule has 5 heteroatoms. The van der Waals surface area contributed by atoms with Gasteiger partial charge in [0.25, 0.3) is 0 Å². The van der Waals surface area contributed by atoms with E-state index in [0.717, 1.165) is 33.8 Å². The van der Waals surface area contributed by atoms with Gasteiger partial charge in [0.05, 0.1) is 5.69 Å². The number of fused-ring (bicyclic) bond motifs is 1. The molecule has 26 heavy (non-hydrogen) atoms. The number of anilines is 2. The van der Waals surface area contributed by atoms with Crippen molar-refractivity contribution in [3.63, 3.8) is 0 Å². The Morgan fingerprint density at radius 1 is 0.885 bits per heavy atom. The molecule has 1 aliphatic heterocycles. The molecule has 5 nitrogen and oxygen atoms in total. The topological polar surface area (TPSA) is 59.6 Å². The van der Waals surface area contributed by atoms with Crippen molar-refractivity contribution in [2.24, 2.45) is 0 Å². The number of carbonyl (C=O) groups is 1. The first-order chi connectivity index (χ1) is 12.7. The van der Waals surface area contributed by atoms with Crippen molar-refractivity contribution in [3.8, 4) is 22.6 Å². The van der Waals surface area contributed by atoms with E-state index in [1.165, 1.54) is 0 Å². The average molecular weight is 346 g/mol. The zero-order valence-electron chi connectivity index (χ0n) is 14.3. The Kier molecular flexibility index (Phi) is 4.19. The van der Waals surface area contributed by atoms with Crippen LogP contribution < -0.4 is 20.1 Å². The summed E-state index contributed by atoms with van der Waals surface area (Å²) in [6.07, 6.45) is 0. The summed E-state index contributed by atoms with van der Waals surface area (Å²) < 4.78 is 10.8. The summed E-state index contributed by atoms with van der Waals surface area (Å²) in [4.78, 5) is 12.4. The van der Waals surface area contributed by atoms with Crippen LogP contribution in [-0.4, -0.2) is 12.8 Å². The van der Waals surface area contributed by atoms with Crippen LogP contribution >= 0.6 is 0 Å². The molecule has 0 radical (unpaired) electrons. The van der Waals surface area contributed by atoms with Crippen molar-refractivity contribution in [2.75, 3.05) is 17.4 Å². The van der Waals surface area contributed by atoms with Gasteiger partial charge in [0.1, 0.15) is 0 Å². The Labute approximate surface area is 151 Å². The maximum absolute atomic E-state index is 12.4. The van der Waals surface area contributed by atoms with Gasteiger partial charge in [-0.1, -0.05) is 36.4 Å². The van der Waals surface area contributed by atoms with E-state index in [2.05, 4.69) is 10.6 Å². The number of urea groups is 1. The molecule has 0 atom stereocenters. The van der Waals surface area contributed by atoms with Crippen LogP contribution in [-0.2, 0) is 0 Å². The van der Waals surface area contributed by atoms with Gasteiger partial charge >= 0.3 is 6.03 Å². The van der Waals surface area contributed by atoms with Crippen LogP contribution in [0.4, 0.5) is 16.2 Å². The maximum Gasteiger partial charge on any atom is 0.323 e. The fourth-order valence-electron chi connectivity index (χ4n) is 2.92. The number of nitrogens with one attached hydrogen (secondary N) is 2. The molecule has 0 aromatic heterocycles. The van der Waals surface area contributed by atoms with Crippen molar-refractivity contribution >= 4 is 17.4 Å². The number of carbonyl (C=O) groups excluding carboxylic acids is 1. The van der Waals surface area contributed by atoms with Gasteiger partial charge in [0.15, 0.2) is 11.5 Å². The quantitative estimate of drug-likeness (QED) is 0.699. The van der Waals surface area contributed by atoms with E-state index in [9.17, 15) is 4.79 Å². The third-order valence-corrected chi connectivity index (χ3v) is 4.13. The second-order valence-electron chi connectivity index (χ2n) is 6.06. The molecule has 2 amide bonds. The predicted octanol–water partition coefficient (Wildman–Crippen LogP) is 5.03. The highest BCUT2D eigenvalue weighted by Gasteiger charge is 2.15. The number of benzene rings is 3. The number of hydrogen-bond acceptors (Lipinski definition) is 3. The number of hydrogen-bond donors (Lipinski definition) is 2. The van der Waals surface area contributed by atoms with Crippen LogP contribution in [0.1, 0.15) is 5.56 Å². The molecule has 0 aliphatic carbocycles. The van der Waals surface area contributed by atoms with Crippen molar-refractivity contribution < 1.29 is 14.3 Å². The first-order valence-electron chi connectivity index (χ1n) is 8.33. The molecular weight excluding hydrogens is 328 g/mol. The lowest BCUT2D eigenvalue weighted by Gasteiger charge is -2.13.